The van der Waals surface area contributed by atoms with Gasteiger partial charge in [-0.05, 0) is 13.0 Å². The molecule has 0 fully saturated rings. The van der Waals surface area contributed by atoms with Crippen LogP contribution in [0.25, 0.3) is 0 Å². The van der Waals surface area contributed by atoms with Gasteiger partial charge in [-0.25, -0.2) is 0 Å². The van der Waals surface area contributed by atoms with Crippen molar-refractivity contribution in [3.8, 4) is 0 Å². The van der Waals surface area contributed by atoms with Crippen molar-refractivity contribution in [2.45, 2.75) is 13.0 Å². The lowest BCUT2D eigenvalue weighted by Gasteiger charge is -2.10. The van der Waals surface area contributed by atoms with Crippen molar-refractivity contribution >= 4 is 0 Å². The fraction of sp³-hybridized carbons (Fsp3) is 0.375. The maximum atomic E-state index is 5.82. The highest BCUT2D eigenvalue weighted by molar-refractivity contribution is 5.16. The second kappa shape index (κ2) is 2.88. The molecule has 1 unspecified atom stereocenters. The first-order valence-electron chi connectivity index (χ1n) is 3.52. The molecule has 1 aromatic heterocycles. The number of hydrogen-bond donors (Lipinski definition) is 1. The quantitative estimate of drug-likeness (QED) is 0.641. The van der Waals surface area contributed by atoms with Gasteiger partial charge in [0.15, 0.2) is 0 Å². The Morgan fingerprint density at radius 3 is 2.82 bits per heavy atom. The van der Waals surface area contributed by atoms with E-state index in [1.807, 2.05) is 20.0 Å². The lowest BCUT2D eigenvalue weighted by molar-refractivity contribution is 0.668. The standard InChI is InChI=1S/C8H13N3/c1-6(2)8(9)7-4-5-10-11(7)3/h4-5,8H,1,9H2,2-3H3. The number of hydrogen-bond acceptors (Lipinski definition) is 2. The van der Waals surface area contributed by atoms with Gasteiger partial charge in [0.2, 0.25) is 0 Å². The summed E-state index contributed by atoms with van der Waals surface area (Å²) in [7, 11) is 1.87. The molecule has 11 heavy (non-hydrogen) atoms. The van der Waals surface area contributed by atoms with Gasteiger partial charge >= 0.3 is 0 Å². The van der Waals surface area contributed by atoms with Crippen LogP contribution < -0.4 is 5.73 Å². The van der Waals surface area contributed by atoms with Crippen LogP contribution in [0.3, 0.4) is 0 Å². The number of rotatable bonds is 2. The van der Waals surface area contributed by atoms with Crippen molar-refractivity contribution in [1.29, 1.82) is 0 Å². The molecule has 0 saturated carbocycles. The molecule has 1 rings (SSSR count). The second-order valence-corrected chi connectivity index (χ2v) is 2.70. The van der Waals surface area contributed by atoms with Crippen molar-refractivity contribution in [2.24, 2.45) is 12.8 Å². The molecule has 0 bridgehead atoms. The van der Waals surface area contributed by atoms with Crippen molar-refractivity contribution in [1.82, 2.24) is 9.78 Å². The fourth-order valence-corrected chi connectivity index (χ4v) is 0.942. The van der Waals surface area contributed by atoms with Gasteiger partial charge in [-0.3, -0.25) is 4.68 Å². The van der Waals surface area contributed by atoms with Crippen LogP contribution in [0.1, 0.15) is 18.7 Å². The minimum atomic E-state index is -0.0949. The van der Waals surface area contributed by atoms with Crippen LogP contribution in [0, 0.1) is 0 Å². The summed E-state index contributed by atoms with van der Waals surface area (Å²) in [6.45, 7) is 5.70. The highest BCUT2D eigenvalue weighted by Gasteiger charge is 2.08. The molecule has 0 aliphatic heterocycles. The van der Waals surface area contributed by atoms with E-state index >= 15 is 0 Å². The number of aromatic nitrogens is 2. The van der Waals surface area contributed by atoms with E-state index in [0.29, 0.717) is 0 Å². The average Bonchev–Trinajstić information content (AvgIpc) is 2.33. The molecule has 0 aliphatic rings. The van der Waals surface area contributed by atoms with E-state index in [1.54, 1.807) is 10.9 Å². The zero-order valence-corrected chi connectivity index (χ0v) is 6.91. The third kappa shape index (κ3) is 1.49. The summed E-state index contributed by atoms with van der Waals surface area (Å²) in [5, 5.41) is 4.02. The Morgan fingerprint density at radius 2 is 2.45 bits per heavy atom. The Bertz CT molecular complexity index is 262. The summed E-state index contributed by atoms with van der Waals surface area (Å²) in [5.74, 6) is 0. The highest BCUT2D eigenvalue weighted by atomic mass is 15.3. The van der Waals surface area contributed by atoms with Gasteiger partial charge in [0.25, 0.3) is 0 Å². The van der Waals surface area contributed by atoms with Gasteiger partial charge in [-0.1, -0.05) is 12.2 Å². The summed E-state index contributed by atoms with van der Waals surface area (Å²) < 4.78 is 1.76. The van der Waals surface area contributed by atoms with E-state index in [2.05, 4.69) is 11.7 Å². The van der Waals surface area contributed by atoms with Crippen LogP contribution in [-0.4, -0.2) is 9.78 Å². The van der Waals surface area contributed by atoms with E-state index in [4.69, 9.17) is 5.73 Å². The SMILES string of the molecule is C=C(C)C(N)c1ccnn1C. The third-order valence-corrected chi connectivity index (χ3v) is 1.71. The van der Waals surface area contributed by atoms with Crippen molar-refractivity contribution in [3.63, 3.8) is 0 Å². The molecule has 3 nitrogen and oxygen atoms in total. The summed E-state index contributed by atoms with van der Waals surface area (Å²) in [4.78, 5) is 0. The normalized spacial score (nSPS) is 13.0. The molecule has 1 heterocycles. The summed E-state index contributed by atoms with van der Waals surface area (Å²) >= 11 is 0. The number of nitrogens with two attached hydrogens (primary N) is 1. The van der Waals surface area contributed by atoms with Crippen LogP contribution in [0.2, 0.25) is 0 Å². The molecule has 0 aromatic carbocycles. The van der Waals surface area contributed by atoms with Gasteiger partial charge in [0.1, 0.15) is 0 Å². The molecule has 0 radical (unpaired) electrons. The zero-order chi connectivity index (χ0) is 8.43. The summed E-state index contributed by atoms with van der Waals surface area (Å²) in [6, 6.07) is 1.81. The van der Waals surface area contributed by atoms with Crippen LogP contribution in [0.5, 0.6) is 0 Å². The first kappa shape index (κ1) is 8.01. The largest absolute Gasteiger partial charge is 0.319 e. The maximum Gasteiger partial charge on any atom is 0.0677 e. The Kier molecular flexibility index (Phi) is 2.10. The van der Waals surface area contributed by atoms with E-state index < -0.39 is 0 Å². The lowest BCUT2D eigenvalue weighted by Crippen LogP contribution is -2.15. The molecule has 1 aromatic rings. The minimum Gasteiger partial charge on any atom is -0.319 e. The van der Waals surface area contributed by atoms with E-state index in [9.17, 15) is 0 Å². The number of nitrogens with zero attached hydrogens (tertiary/aromatic N) is 2. The zero-order valence-electron chi connectivity index (χ0n) is 6.91. The average molecular weight is 151 g/mol. The predicted molar refractivity (Wildman–Crippen MR) is 45.0 cm³/mol. The summed E-state index contributed by atoms with van der Waals surface area (Å²) in [5.41, 5.74) is 7.77. The third-order valence-electron chi connectivity index (χ3n) is 1.71. The Morgan fingerprint density at radius 1 is 1.82 bits per heavy atom. The highest BCUT2D eigenvalue weighted by Crippen LogP contribution is 2.14. The maximum absolute atomic E-state index is 5.82. The van der Waals surface area contributed by atoms with Gasteiger partial charge in [-0.2, -0.15) is 5.10 Å². The van der Waals surface area contributed by atoms with E-state index in [0.717, 1.165) is 11.3 Å². The monoisotopic (exact) mass is 151 g/mol. The molecule has 0 spiro atoms. The molecular formula is C8H13N3. The van der Waals surface area contributed by atoms with Crippen LogP contribution in [-0.2, 0) is 7.05 Å². The van der Waals surface area contributed by atoms with Crippen LogP contribution in [0.15, 0.2) is 24.4 Å². The Hall–Kier alpha value is -1.09. The topological polar surface area (TPSA) is 43.8 Å². The molecule has 60 valence electrons. The first-order chi connectivity index (χ1) is 5.13. The van der Waals surface area contributed by atoms with Crippen LogP contribution >= 0.6 is 0 Å². The van der Waals surface area contributed by atoms with Crippen molar-refractivity contribution in [2.75, 3.05) is 0 Å². The molecule has 1 atom stereocenters. The predicted octanol–water partition coefficient (Wildman–Crippen LogP) is 0.996. The Labute approximate surface area is 66.5 Å². The first-order valence-corrected chi connectivity index (χ1v) is 3.52. The van der Waals surface area contributed by atoms with Gasteiger partial charge < -0.3 is 5.73 Å². The van der Waals surface area contributed by atoms with Gasteiger partial charge in [0.05, 0.1) is 11.7 Å². The van der Waals surface area contributed by atoms with Crippen molar-refractivity contribution < 1.29 is 0 Å². The fourth-order valence-electron chi connectivity index (χ4n) is 0.942. The lowest BCUT2D eigenvalue weighted by atomic mass is 10.1. The Balaban J connectivity index is 2.92. The molecule has 2 N–H and O–H groups in total. The molecule has 0 amide bonds. The summed E-state index contributed by atoms with van der Waals surface area (Å²) in [6.07, 6.45) is 1.73. The molecule has 3 heteroatoms. The second-order valence-electron chi connectivity index (χ2n) is 2.70. The van der Waals surface area contributed by atoms with E-state index in [1.165, 1.54) is 0 Å². The number of aryl methyl sites for hydroxylation is 1. The van der Waals surface area contributed by atoms with Gasteiger partial charge in [-0.15, -0.1) is 0 Å². The molecule has 0 aliphatic carbocycles. The van der Waals surface area contributed by atoms with Gasteiger partial charge in [0, 0.05) is 13.2 Å². The molecular weight excluding hydrogens is 138 g/mol. The van der Waals surface area contributed by atoms with E-state index in [-0.39, 0.29) is 6.04 Å². The van der Waals surface area contributed by atoms with Crippen molar-refractivity contribution in [3.05, 3.63) is 30.1 Å². The van der Waals surface area contributed by atoms with Crippen LogP contribution in [0.4, 0.5) is 0 Å². The smallest absolute Gasteiger partial charge is 0.0677 e. The minimum absolute atomic E-state index is 0.0949. The molecule has 0 saturated heterocycles.